The molecule has 2 aromatic carbocycles. The highest BCUT2D eigenvalue weighted by molar-refractivity contribution is 7.13. The van der Waals surface area contributed by atoms with Crippen LogP contribution in [0, 0.1) is 0 Å². The third kappa shape index (κ3) is 6.30. The van der Waals surface area contributed by atoms with Gasteiger partial charge in [0.05, 0.1) is 12.8 Å². The van der Waals surface area contributed by atoms with E-state index in [0.29, 0.717) is 29.2 Å². The van der Waals surface area contributed by atoms with Gasteiger partial charge in [-0.3, -0.25) is 9.59 Å². The molecule has 0 spiro atoms. The number of esters is 1. The Hall–Kier alpha value is -2.90. The van der Waals surface area contributed by atoms with Crippen molar-refractivity contribution in [1.29, 1.82) is 0 Å². The van der Waals surface area contributed by atoms with Crippen LogP contribution < -0.4 is 10.1 Å². The number of thiazole rings is 1. The first kappa shape index (κ1) is 21.8. The van der Waals surface area contributed by atoms with Crippen molar-refractivity contribution >= 4 is 34.8 Å². The van der Waals surface area contributed by atoms with Crippen molar-refractivity contribution in [3.8, 4) is 16.3 Å². The average molecular weight is 445 g/mol. The molecule has 0 bridgehead atoms. The number of hydrogen-bond acceptors (Lipinski definition) is 6. The average Bonchev–Trinajstić information content (AvgIpc) is 3.25. The minimum Gasteiger partial charge on any atom is -0.497 e. The summed E-state index contributed by atoms with van der Waals surface area (Å²) in [6.07, 6.45) is 0.706. The first-order valence-corrected chi connectivity index (χ1v) is 10.6. The number of halogens is 1. The summed E-state index contributed by atoms with van der Waals surface area (Å²) in [6.45, 7) is 0.504. The minimum absolute atomic E-state index is 0.121. The molecule has 0 aliphatic carbocycles. The fraction of sp³-hybridized carbons (Fsp3) is 0.227. The predicted molar refractivity (Wildman–Crippen MR) is 117 cm³/mol. The van der Waals surface area contributed by atoms with Crippen molar-refractivity contribution in [1.82, 2.24) is 10.3 Å². The lowest BCUT2D eigenvalue weighted by Gasteiger charge is -2.06. The van der Waals surface area contributed by atoms with Crippen LogP contribution in [0.5, 0.6) is 5.75 Å². The standard InChI is InChI=1S/C22H21ClN2O4S/c1-28-19-5-2-4-16(12-19)22-25-18(14-30-22)13-29-20(26)6-3-11-24-21(27)15-7-9-17(23)10-8-15/h2,4-5,7-10,12,14H,3,6,11,13H2,1H3,(H,24,27). The Morgan fingerprint density at radius 1 is 1.17 bits per heavy atom. The van der Waals surface area contributed by atoms with Crippen molar-refractivity contribution in [3.63, 3.8) is 0 Å². The second kappa shape index (κ2) is 10.8. The quantitative estimate of drug-likeness (QED) is 0.381. The molecule has 0 unspecified atom stereocenters. The molecule has 0 saturated heterocycles. The van der Waals surface area contributed by atoms with Crippen LogP contribution in [0.25, 0.3) is 10.6 Å². The number of amides is 1. The van der Waals surface area contributed by atoms with E-state index in [1.54, 1.807) is 31.4 Å². The minimum atomic E-state index is -0.327. The molecule has 0 fully saturated rings. The maximum Gasteiger partial charge on any atom is 0.306 e. The number of nitrogens with zero attached hydrogens (tertiary/aromatic N) is 1. The lowest BCUT2D eigenvalue weighted by atomic mass is 10.2. The third-order valence-corrected chi connectivity index (χ3v) is 5.39. The van der Waals surface area contributed by atoms with E-state index in [4.69, 9.17) is 21.1 Å². The summed E-state index contributed by atoms with van der Waals surface area (Å²) < 4.78 is 10.5. The number of ether oxygens (including phenoxy) is 2. The summed E-state index contributed by atoms with van der Waals surface area (Å²) >= 11 is 7.29. The Labute approximate surface area is 183 Å². The highest BCUT2D eigenvalue weighted by atomic mass is 35.5. The van der Waals surface area contributed by atoms with E-state index in [0.717, 1.165) is 16.3 Å². The van der Waals surface area contributed by atoms with Gasteiger partial charge in [-0.25, -0.2) is 4.98 Å². The van der Waals surface area contributed by atoms with E-state index in [1.807, 2.05) is 29.6 Å². The normalized spacial score (nSPS) is 10.5. The zero-order valence-corrected chi connectivity index (χ0v) is 18.0. The molecule has 0 radical (unpaired) electrons. The van der Waals surface area contributed by atoms with Gasteiger partial charge in [-0.15, -0.1) is 11.3 Å². The second-order valence-corrected chi connectivity index (χ2v) is 7.70. The largest absolute Gasteiger partial charge is 0.497 e. The number of carbonyl (C=O) groups is 2. The maximum atomic E-state index is 12.0. The smallest absolute Gasteiger partial charge is 0.306 e. The van der Waals surface area contributed by atoms with Crippen molar-refractivity contribution in [2.75, 3.05) is 13.7 Å². The molecule has 0 saturated carbocycles. The molecule has 30 heavy (non-hydrogen) atoms. The summed E-state index contributed by atoms with van der Waals surface area (Å²) in [5, 5.41) is 6.05. The van der Waals surface area contributed by atoms with Crippen molar-refractivity contribution < 1.29 is 19.1 Å². The van der Waals surface area contributed by atoms with Crippen LogP contribution >= 0.6 is 22.9 Å². The zero-order chi connectivity index (χ0) is 21.3. The van der Waals surface area contributed by atoms with Crippen LogP contribution in [0.4, 0.5) is 0 Å². The fourth-order valence-corrected chi connectivity index (χ4v) is 3.55. The van der Waals surface area contributed by atoms with Crippen LogP contribution in [0.15, 0.2) is 53.9 Å². The highest BCUT2D eigenvalue weighted by Crippen LogP contribution is 2.27. The SMILES string of the molecule is COc1cccc(-c2nc(COC(=O)CCCNC(=O)c3ccc(Cl)cc3)cs2)c1. The number of nitrogens with one attached hydrogen (secondary N) is 1. The van der Waals surface area contributed by atoms with Crippen LogP contribution in [0.1, 0.15) is 28.9 Å². The molecular formula is C22H21ClN2O4S. The molecule has 1 heterocycles. The summed E-state index contributed by atoms with van der Waals surface area (Å²) in [5.74, 6) is 0.234. The number of hydrogen-bond donors (Lipinski definition) is 1. The molecule has 3 aromatic rings. The van der Waals surface area contributed by atoms with Gasteiger partial charge in [0.1, 0.15) is 17.4 Å². The van der Waals surface area contributed by atoms with Crippen molar-refractivity contribution in [3.05, 3.63) is 70.2 Å². The molecule has 6 nitrogen and oxygen atoms in total. The molecule has 1 aromatic heterocycles. The molecule has 3 rings (SSSR count). The lowest BCUT2D eigenvalue weighted by molar-refractivity contribution is -0.145. The Bertz CT molecular complexity index is 1000. The van der Waals surface area contributed by atoms with E-state index >= 15 is 0 Å². The zero-order valence-electron chi connectivity index (χ0n) is 16.4. The van der Waals surface area contributed by atoms with Crippen LogP contribution in [0.2, 0.25) is 5.02 Å². The number of aromatic nitrogens is 1. The van der Waals surface area contributed by atoms with Crippen molar-refractivity contribution in [2.24, 2.45) is 0 Å². The van der Waals surface area contributed by atoms with Gasteiger partial charge in [-0.2, -0.15) is 0 Å². The Morgan fingerprint density at radius 2 is 1.97 bits per heavy atom. The first-order chi connectivity index (χ1) is 14.5. The van der Waals surface area contributed by atoms with Gasteiger partial charge in [0.15, 0.2) is 0 Å². The maximum absolute atomic E-state index is 12.0. The van der Waals surface area contributed by atoms with Crippen LogP contribution in [-0.2, 0) is 16.1 Å². The van der Waals surface area contributed by atoms with Crippen molar-refractivity contribution in [2.45, 2.75) is 19.4 Å². The monoisotopic (exact) mass is 444 g/mol. The molecular weight excluding hydrogens is 424 g/mol. The third-order valence-electron chi connectivity index (χ3n) is 4.20. The fourth-order valence-electron chi connectivity index (χ4n) is 2.63. The van der Waals surface area contributed by atoms with Gasteiger partial charge in [-0.05, 0) is 42.8 Å². The Balaban J connectivity index is 1.38. The van der Waals surface area contributed by atoms with E-state index in [2.05, 4.69) is 10.3 Å². The molecule has 1 amide bonds. The summed E-state index contributed by atoms with van der Waals surface area (Å²) in [6, 6.07) is 14.3. The van der Waals surface area contributed by atoms with Gasteiger partial charge < -0.3 is 14.8 Å². The first-order valence-electron chi connectivity index (χ1n) is 9.33. The van der Waals surface area contributed by atoms with E-state index in [1.165, 1.54) is 11.3 Å². The predicted octanol–water partition coefficient (Wildman–Crippen LogP) is 4.73. The second-order valence-electron chi connectivity index (χ2n) is 6.40. The number of benzene rings is 2. The molecule has 0 aliphatic rings. The summed E-state index contributed by atoms with van der Waals surface area (Å²) in [4.78, 5) is 28.4. The van der Waals surface area contributed by atoms with Gasteiger partial charge in [-0.1, -0.05) is 23.7 Å². The highest BCUT2D eigenvalue weighted by Gasteiger charge is 2.10. The summed E-state index contributed by atoms with van der Waals surface area (Å²) in [5.41, 5.74) is 2.17. The molecule has 1 N–H and O–H groups in total. The van der Waals surface area contributed by atoms with Gasteiger partial charge in [0.25, 0.3) is 5.91 Å². The van der Waals surface area contributed by atoms with E-state index in [-0.39, 0.29) is 24.9 Å². The number of methoxy groups -OCH3 is 1. The van der Waals surface area contributed by atoms with Crippen LogP contribution in [-0.4, -0.2) is 30.5 Å². The van der Waals surface area contributed by atoms with Gasteiger partial charge in [0, 0.05) is 34.5 Å². The number of rotatable bonds is 9. The Kier molecular flexibility index (Phi) is 7.82. The van der Waals surface area contributed by atoms with E-state index in [9.17, 15) is 9.59 Å². The molecule has 0 aliphatic heterocycles. The van der Waals surface area contributed by atoms with Gasteiger partial charge in [0.2, 0.25) is 0 Å². The van der Waals surface area contributed by atoms with Gasteiger partial charge >= 0.3 is 5.97 Å². The van der Waals surface area contributed by atoms with Crippen LogP contribution in [0.3, 0.4) is 0 Å². The molecule has 0 atom stereocenters. The summed E-state index contributed by atoms with van der Waals surface area (Å²) in [7, 11) is 1.62. The number of carbonyl (C=O) groups excluding carboxylic acids is 2. The molecule has 8 heteroatoms. The van der Waals surface area contributed by atoms with E-state index < -0.39 is 0 Å². The Morgan fingerprint density at radius 3 is 2.73 bits per heavy atom. The lowest BCUT2D eigenvalue weighted by Crippen LogP contribution is -2.24. The topological polar surface area (TPSA) is 77.5 Å². The molecule has 156 valence electrons.